The Hall–Kier alpha value is -3.23. The van der Waals surface area contributed by atoms with Crippen LogP contribution in [0.1, 0.15) is 19.4 Å². The number of hydrogen-bond acceptors (Lipinski definition) is 4. The van der Waals surface area contributed by atoms with Gasteiger partial charge in [0.1, 0.15) is 6.54 Å². The van der Waals surface area contributed by atoms with Gasteiger partial charge in [-0.15, -0.1) is 10.2 Å². The molecule has 0 saturated heterocycles. The predicted octanol–water partition coefficient (Wildman–Crippen LogP) is 3.80. The van der Waals surface area contributed by atoms with Gasteiger partial charge in [0.15, 0.2) is 0 Å². The first-order valence-electron chi connectivity index (χ1n) is 8.58. The molecule has 0 radical (unpaired) electrons. The second kappa shape index (κ2) is 7.79. The number of hydrogen-bond donors (Lipinski definition) is 0. The van der Waals surface area contributed by atoms with E-state index in [1.54, 1.807) is 4.90 Å². The average molecular weight is 389 g/mol. The summed E-state index contributed by atoms with van der Waals surface area (Å²) in [5.41, 5.74) is 0.116. The number of amides is 1. The molecule has 3 rings (SSSR count). The van der Waals surface area contributed by atoms with E-state index in [1.807, 2.05) is 44.2 Å². The minimum atomic E-state index is -4.46. The van der Waals surface area contributed by atoms with Gasteiger partial charge in [-0.05, 0) is 43.3 Å². The first-order chi connectivity index (χ1) is 13.3. The first-order valence-corrected chi connectivity index (χ1v) is 8.58. The highest BCUT2D eigenvalue weighted by atomic mass is 19.4. The minimum Gasteiger partial charge on any atom is -0.308 e. The number of alkyl halides is 3. The maximum absolute atomic E-state index is 12.9. The van der Waals surface area contributed by atoms with Crippen molar-refractivity contribution in [2.75, 3.05) is 4.90 Å². The largest absolute Gasteiger partial charge is 0.416 e. The van der Waals surface area contributed by atoms with Crippen molar-refractivity contribution < 1.29 is 18.0 Å². The molecule has 0 aliphatic heterocycles. The Balaban J connectivity index is 1.80. The van der Waals surface area contributed by atoms with Crippen LogP contribution in [0.5, 0.6) is 0 Å². The molecule has 0 bridgehead atoms. The molecule has 9 heteroatoms. The standard InChI is InChI=1S/C19H18F3N5O/c1-13(2)27(16-9-4-3-5-10-16)17(28)12-26-24-18(23-25-26)14-7-6-8-15(11-14)19(20,21)22/h3-11,13H,12H2,1-2H3. The van der Waals surface area contributed by atoms with Crippen LogP contribution in [0.2, 0.25) is 0 Å². The van der Waals surface area contributed by atoms with Crippen LogP contribution in [0.3, 0.4) is 0 Å². The number of para-hydroxylation sites is 1. The molecule has 0 atom stereocenters. The molecule has 0 aliphatic rings. The summed E-state index contributed by atoms with van der Waals surface area (Å²) in [5, 5.41) is 11.6. The highest BCUT2D eigenvalue weighted by molar-refractivity contribution is 5.93. The molecule has 28 heavy (non-hydrogen) atoms. The van der Waals surface area contributed by atoms with Gasteiger partial charge in [-0.1, -0.05) is 30.3 Å². The Labute approximate surface area is 159 Å². The lowest BCUT2D eigenvalue weighted by Gasteiger charge is -2.26. The maximum Gasteiger partial charge on any atom is 0.416 e. The number of nitrogens with zero attached hydrogens (tertiary/aromatic N) is 5. The Morgan fingerprint density at radius 3 is 2.46 bits per heavy atom. The Morgan fingerprint density at radius 2 is 1.82 bits per heavy atom. The molecule has 1 amide bonds. The molecule has 1 heterocycles. The minimum absolute atomic E-state index is 0.0229. The number of carbonyl (C=O) groups is 1. The topological polar surface area (TPSA) is 63.9 Å². The molecule has 0 unspecified atom stereocenters. The number of rotatable bonds is 5. The molecule has 2 aromatic carbocycles. The molecule has 146 valence electrons. The zero-order chi connectivity index (χ0) is 20.3. The summed E-state index contributed by atoms with van der Waals surface area (Å²) in [5.74, 6) is -0.232. The lowest BCUT2D eigenvalue weighted by Crippen LogP contribution is -2.39. The molecule has 0 N–H and O–H groups in total. The van der Waals surface area contributed by atoms with Crippen molar-refractivity contribution in [3.8, 4) is 11.4 Å². The molecular formula is C19H18F3N5O. The van der Waals surface area contributed by atoms with Gasteiger partial charge in [-0.3, -0.25) is 4.79 Å². The van der Waals surface area contributed by atoms with E-state index in [1.165, 1.54) is 12.1 Å². The maximum atomic E-state index is 12.9. The highest BCUT2D eigenvalue weighted by Crippen LogP contribution is 2.31. The average Bonchev–Trinajstić information content (AvgIpc) is 3.10. The third-order valence-electron chi connectivity index (χ3n) is 4.00. The van der Waals surface area contributed by atoms with Crippen LogP contribution in [0.4, 0.5) is 18.9 Å². The van der Waals surface area contributed by atoms with E-state index >= 15 is 0 Å². The van der Waals surface area contributed by atoms with E-state index < -0.39 is 11.7 Å². The van der Waals surface area contributed by atoms with E-state index in [0.717, 1.165) is 22.6 Å². The van der Waals surface area contributed by atoms with E-state index in [0.29, 0.717) is 0 Å². The SMILES string of the molecule is CC(C)N(C(=O)Cn1nnc(-c2cccc(C(F)(F)F)c2)n1)c1ccccc1. The number of anilines is 1. The Morgan fingerprint density at radius 1 is 1.11 bits per heavy atom. The molecule has 3 aromatic rings. The second-order valence-corrected chi connectivity index (χ2v) is 6.42. The van der Waals surface area contributed by atoms with Crippen molar-refractivity contribution in [2.24, 2.45) is 0 Å². The molecule has 0 spiro atoms. The van der Waals surface area contributed by atoms with Gasteiger partial charge in [0.25, 0.3) is 5.91 Å². The summed E-state index contributed by atoms with van der Waals surface area (Å²) in [6.07, 6.45) is -4.46. The molecule has 0 saturated carbocycles. The van der Waals surface area contributed by atoms with Gasteiger partial charge in [0.2, 0.25) is 5.82 Å². The number of aromatic nitrogens is 4. The third-order valence-corrected chi connectivity index (χ3v) is 4.00. The van der Waals surface area contributed by atoms with Crippen molar-refractivity contribution in [1.82, 2.24) is 20.2 Å². The zero-order valence-electron chi connectivity index (χ0n) is 15.3. The summed E-state index contributed by atoms with van der Waals surface area (Å²) >= 11 is 0. The van der Waals surface area contributed by atoms with Crippen LogP contribution in [0.25, 0.3) is 11.4 Å². The van der Waals surface area contributed by atoms with Crippen molar-refractivity contribution in [3.63, 3.8) is 0 Å². The van der Waals surface area contributed by atoms with E-state index in [2.05, 4.69) is 15.4 Å². The number of carbonyl (C=O) groups excluding carboxylic acids is 1. The number of tetrazole rings is 1. The fourth-order valence-electron chi connectivity index (χ4n) is 2.78. The molecular weight excluding hydrogens is 371 g/mol. The number of halogens is 3. The van der Waals surface area contributed by atoms with Crippen molar-refractivity contribution in [2.45, 2.75) is 32.6 Å². The van der Waals surface area contributed by atoms with E-state index in [4.69, 9.17) is 0 Å². The lowest BCUT2D eigenvalue weighted by atomic mass is 10.1. The smallest absolute Gasteiger partial charge is 0.308 e. The van der Waals surface area contributed by atoms with Crippen molar-refractivity contribution in [1.29, 1.82) is 0 Å². The van der Waals surface area contributed by atoms with Gasteiger partial charge in [-0.25, -0.2) is 0 Å². The normalized spacial score (nSPS) is 11.6. The van der Waals surface area contributed by atoms with Crippen LogP contribution in [-0.2, 0) is 17.5 Å². The molecule has 6 nitrogen and oxygen atoms in total. The van der Waals surface area contributed by atoms with Crippen LogP contribution < -0.4 is 4.90 Å². The first kappa shape index (κ1) is 19.5. The van der Waals surface area contributed by atoms with Gasteiger partial charge in [0, 0.05) is 17.3 Å². The fraction of sp³-hybridized carbons (Fsp3) is 0.263. The monoisotopic (exact) mass is 389 g/mol. The van der Waals surface area contributed by atoms with E-state index in [-0.39, 0.29) is 29.9 Å². The van der Waals surface area contributed by atoms with Gasteiger partial charge < -0.3 is 4.90 Å². The highest BCUT2D eigenvalue weighted by Gasteiger charge is 2.30. The Kier molecular flexibility index (Phi) is 5.43. The predicted molar refractivity (Wildman–Crippen MR) is 97.3 cm³/mol. The van der Waals surface area contributed by atoms with Crippen LogP contribution >= 0.6 is 0 Å². The van der Waals surface area contributed by atoms with Gasteiger partial charge in [-0.2, -0.15) is 18.0 Å². The van der Waals surface area contributed by atoms with Crippen molar-refractivity contribution in [3.05, 3.63) is 60.2 Å². The van der Waals surface area contributed by atoms with Gasteiger partial charge in [0.05, 0.1) is 5.56 Å². The van der Waals surface area contributed by atoms with Crippen molar-refractivity contribution >= 4 is 11.6 Å². The summed E-state index contributed by atoms with van der Waals surface area (Å²) < 4.78 is 38.6. The van der Waals surface area contributed by atoms with Crippen LogP contribution in [-0.4, -0.2) is 32.2 Å². The quantitative estimate of drug-likeness (QED) is 0.666. The summed E-state index contributed by atoms with van der Waals surface area (Å²) in [6.45, 7) is 3.58. The molecule has 0 aliphatic carbocycles. The zero-order valence-corrected chi connectivity index (χ0v) is 15.3. The Bertz CT molecular complexity index is 953. The molecule has 0 fully saturated rings. The fourth-order valence-corrected chi connectivity index (χ4v) is 2.78. The summed E-state index contributed by atoms with van der Waals surface area (Å²) in [4.78, 5) is 15.4. The molecule has 1 aromatic heterocycles. The van der Waals surface area contributed by atoms with E-state index in [9.17, 15) is 18.0 Å². The van der Waals surface area contributed by atoms with Crippen LogP contribution in [0.15, 0.2) is 54.6 Å². The summed E-state index contributed by atoms with van der Waals surface area (Å²) in [6, 6.07) is 13.7. The van der Waals surface area contributed by atoms with Gasteiger partial charge >= 0.3 is 6.18 Å². The lowest BCUT2D eigenvalue weighted by molar-refractivity contribution is -0.137. The number of benzene rings is 2. The third kappa shape index (κ3) is 4.36. The van der Waals surface area contributed by atoms with Crippen LogP contribution in [0, 0.1) is 0 Å². The second-order valence-electron chi connectivity index (χ2n) is 6.42. The summed E-state index contributed by atoms with van der Waals surface area (Å²) in [7, 11) is 0.